The highest BCUT2D eigenvalue weighted by molar-refractivity contribution is 6.31. The molecule has 1 aromatic heterocycles. The van der Waals surface area contributed by atoms with Gasteiger partial charge in [-0.15, -0.1) is 0 Å². The Kier molecular flexibility index (Phi) is 22.8. The summed E-state index contributed by atoms with van der Waals surface area (Å²) in [5.41, 5.74) is 0.0813. The van der Waals surface area contributed by atoms with Gasteiger partial charge in [0.15, 0.2) is 0 Å². The molecule has 2 bridgehead atoms. The van der Waals surface area contributed by atoms with Crippen molar-refractivity contribution in [2.75, 3.05) is 102 Å². The van der Waals surface area contributed by atoms with E-state index in [0.29, 0.717) is 63.3 Å². The molecule has 0 unspecified atom stereocenters. The van der Waals surface area contributed by atoms with Crippen LogP contribution in [-0.2, 0) is 49.6 Å². The van der Waals surface area contributed by atoms with Crippen LogP contribution in [0.3, 0.4) is 0 Å². The average molecular weight is 1200 g/mol. The summed E-state index contributed by atoms with van der Waals surface area (Å²) in [5.74, 6) is -9.23. The first kappa shape index (κ1) is 64.8. The molecule has 29 heteroatoms. The van der Waals surface area contributed by atoms with Crippen molar-refractivity contribution in [1.29, 1.82) is 0 Å². The molecular formula is C57H75N13O16. The molecule has 5 amide bonds. The summed E-state index contributed by atoms with van der Waals surface area (Å²) >= 11 is 0. The Morgan fingerprint density at radius 1 is 0.535 bits per heavy atom. The maximum atomic E-state index is 14.4. The third-order valence-electron chi connectivity index (χ3n) is 16.1. The lowest BCUT2D eigenvalue weighted by Gasteiger charge is -2.54. The van der Waals surface area contributed by atoms with Crippen LogP contribution in [0.15, 0.2) is 67.0 Å². The van der Waals surface area contributed by atoms with Gasteiger partial charge in [-0.2, -0.15) is 0 Å². The lowest BCUT2D eigenvalue weighted by Crippen LogP contribution is -2.62. The zero-order chi connectivity index (χ0) is 62.0. The summed E-state index contributed by atoms with van der Waals surface area (Å²) in [6, 6.07) is 14.2. The van der Waals surface area contributed by atoms with Crippen LogP contribution in [0.1, 0.15) is 63.4 Å². The summed E-state index contributed by atoms with van der Waals surface area (Å²) in [6.45, 7) is 0.745. The summed E-state index contributed by atoms with van der Waals surface area (Å²) in [6.07, 6.45) is 6.10. The van der Waals surface area contributed by atoms with Gasteiger partial charge >= 0.3 is 47.8 Å². The van der Waals surface area contributed by atoms with E-state index in [4.69, 9.17) is 5.11 Å². The van der Waals surface area contributed by atoms with Crippen molar-refractivity contribution in [2.45, 2.75) is 93.4 Å². The molecule has 4 fully saturated rings. The highest BCUT2D eigenvalue weighted by atomic mass is 16.4. The molecular weight excluding hydrogens is 1120 g/mol. The Balaban J connectivity index is 0.978. The van der Waals surface area contributed by atoms with Crippen LogP contribution in [-0.4, -0.2) is 241 Å². The van der Waals surface area contributed by atoms with Gasteiger partial charge < -0.3 is 67.9 Å². The van der Waals surface area contributed by atoms with Gasteiger partial charge in [-0.05, 0) is 91.0 Å². The van der Waals surface area contributed by atoms with Gasteiger partial charge in [-0.25, -0.2) is 29.1 Å². The average Bonchev–Trinajstić information content (AvgIpc) is 0.950. The predicted octanol–water partition coefficient (Wildman–Crippen LogP) is 0.348. The number of carboxylic acid groups (broad SMARTS) is 6. The second-order valence-electron chi connectivity index (χ2n) is 22.2. The number of carbonyl (C=O) groups excluding carboxylic acids is 4. The smallest absolute Gasteiger partial charge is 0.394 e. The number of rotatable bonds is 27. The number of hydrogen-bond donors (Lipinski definition) is 13. The first-order valence-corrected chi connectivity index (χ1v) is 28.5. The van der Waals surface area contributed by atoms with Gasteiger partial charge in [0, 0.05) is 89.0 Å². The fraction of sp³-hybridized carbons (Fsp3) is 0.509. The fourth-order valence-electron chi connectivity index (χ4n) is 11.5. The predicted molar refractivity (Wildman–Crippen MR) is 310 cm³/mol. The molecule has 3 saturated carbocycles. The van der Waals surface area contributed by atoms with E-state index in [1.165, 1.54) is 6.33 Å². The van der Waals surface area contributed by atoms with Crippen molar-refractivity contribution in [1.82, 2.24) is 56.2 Å². The summed E-state index contributed by atoms with van der Waals surface area (Å²) in [7, 11) is 0. The van der Waals surface area contributed by atoms with Crippen LogP contribution in [0.25, 0.3) is 21.5 Å². The Morgan fingerprint density at radius 3 is 1.51 bits per heavy atom. The molecule has 464 valence electrons. The number of hydrogen-bond acceptors (Lipinski definition) is 18. The van der Waals surface area contributed by atoms with Crippen LogP contribution < -0.4 is 37.2 Å². The first-order valence-electron chi connectivity index (χ1n) is 28.5. The van der Waals surface area contributed by atoms with Gasteiger partial charge in [0.05, 0.1) is 26.2 Å². The number of aliphatic carboxylic acids is 6. The quantitative estimate of drug-likeness (QED) is 0.0218. The lowest BCUT2D eigenvalue weighted by molar-refractivity contribution is -0.150. The molecule has 3 aliphatic carbocycles. The van der Waals surface area contributed by atoms with Crippen LogP contribution in [0.5, 0.6) is 0 Å². The maximum Gasteiger partial charge on any atom is 0.394 e. The lowest BCUT2D eigenvalue weighted by atomic mass is 9.61. The zero-order valence-corrected chi connectivity index (χ0v) is 47.5. The van der Waals surface area contributed by atoms with E-state index in [1.54, 1.807) is 20.8 Å². The molecule has 13 N–H and O–H groups in total. The normalized spacial score (nSPS) is 20.0. The van der Waals surface area contributed by atoms with Crippen LogP contribution >= 0.6 is 0 Å². The van der Waals surface area contributed by atoms with Crippen molar-refractivity contribution >= 4 is 92.7 Å². The van der Waals surface area contributed by atoms with E-state index < -0.39 is 78.0 Å². The SMILES string of the molecule is O=C(O)CN1CCN(CC(=O)O)CCN(CC(=O)NC23CCC(Nc4cc(N[C@@H](Cc5c6ccccc6cc6ccccc56)C(=O)NCCCC[C@H](NC(=O)N[C@@H](CNC(=O)C(=O)O)C(=O)O)C(=O)O)ncn4)(CC2)CC3)CCN(CC(=O)O)CC1. The molecule has 29 nitrogen and oxygen atoms in total. The molecule has 4 aromatic rings. The summed E-state index contributed by atoms with van der Waals surface area (Å²) in [4.78, 5) is 138. The second kappa shape index (κ2) is 30.3. The molecule has 2 heterocycles. The Morgan fingerprint density at radius 2 is 1.01 bits per heavy atom. The van der Waals surface area contributed by atoms with Crippen LogP contribution in [0.2, 0.25) is 0 Å². The van der Waals surface area contributed by atoms with Crippen molar-refractivity contribution in [3.8, 4) is 0 Å². The molecule has 0 spiro atoms. The zero-order valence-electron chi connectivity index (χ0n) is 47.5. The van der Waals surface area contributed by atoms with Crippen molar-refractivity contribution in [3.05, 3.63) is 72.6 Å². The monoisotopic (exact) mass is 1200 g/mol. The van der Waals surface area contributed by atoms with E-state index in [-0.39, 0.29) is 115 Å². The number of nitrogens with zero attached hydrogens (tertiary/aromatic N) is 6. The number of amides is 5. The topological polar surface area (TPSA) is 415 Å². The third kappa shape index (κ3) is 19.1. The van der Waals surface area contributed by atoms with Crippen LogP contribution in [0, 0.1) is 0 Å². The molecule has 4 aliphatic rings. The molecule has 1 saturated heterocycles. The summed E-state index contributed by atoms with van der Waals surface area (Å²) in [5, 5.41) is 80.1. The largest absolute Gasteiger partial charge is 0.480 e. The minimum atomic E-state index is -1.87. The number of carbonyl (C=O) groups is 10. The van der Waals surface area contributed by atoms with Crippen molar-refractivity contribution in [3.63, 3.8) is 0 Å². The number of fused-ring (bicyclic) bond motifs is 5. The first-order chi connectivity index (χ1) is 41.1. The van der Waals surface area contributed by atoms with Gasteiger partial charge in [0.1, 0.15) is 36.1 Å². The molecule has 3 aromatic carbocycles. The molecule has 3 atom stereocenters. The van der Waals surface area contributed by atoms with E-state index in [1.807, 2.05) is 64.1 Å². The Labute approximate surface area is 494 Å². The minimum Gasteiger partial charge on any atom is -0.480 e. The van der Waals surface area contributed by atoms with Gasteiger partial charge in [0.25, 0.3) is 0 Å². The number of unbranched alkanes of at least 4 members (excludes halogenated alkanes) is 1. The Hall–Kier alpha value is -8.80. The second-order valence-corrected chi connectivity index (χ2v) is 22.2. The highest BCUT2D eigenvalue weighted by Gasteiger charge is 2.49. The Bertz CT molecular complexity index is 3020. The fourth-order valence-corrected chi connectivity index (χ4v) is 11.5. The van der Waals surface area contributed by atoms with Crippen molar-refractivity contribution < 1.29 is 78.6 Å². The number of carboxylic acids is 6. The van der Waals surface area contributed by atoms with E-state index in [0.717, 1.165) is 27.1 Å². The number of nitrogens with one attached hydrogen (secondary N) is 7. The van der Waals surface area contributed by atoms with Gasteiger partial charge in [-0.3, -0.25) is 48.4 Å². The number of aromatic nitrogens is 2. The molecule has 0 radical (unpaired) electrons. The highest BCUT2D eigenvalue weighted by Crippen LogP contribution is 2.48. The number of benzene rings is 3. The minimum absolute atomic E-state index is 0.00284. The van der Waals surface area contributed by atoms with Gasteiger partial charge in [-0.1, -0.05) is 48.5 Å². The molecule has 86 heavy (non-hydrogen) atoms. The van der Waals surface area contributed by atoms with Crippen molar-refractivity contribution in [2.24, 2.45) is 0 Å². The van der Waals surface area contributed by atoms with E-state index in [2.05, 4.69) is 42.6 Å². The standard InChI is InChI=1S/C57H75N13O16/c71-46(31-67-19-21-68(32-47(72)73)23-25-70(34-49(76)77)26-24-69(22-20-67)33-48(74)75)66-57-15-12-56(13-16-57,14-17-57)65-45-29-44(60-35-61-45)62-42(28-40-38-9-3-1-7-36(38)27-37-8-2-4-10-39(37)40)50(78)58-18-6-5-11-41(52(80)81)63-55(86)64-43(53(82)83)30-59-51(79)54(84)85/h1-4,7-10,27,29,35,41-43H,5-6,11-26,28,30-34H2,(H,58,78)(H,59,79)(H,66,71)(H,72,73)(H,74,75)(H,76,77)(H,80,81)(H,82,83)(H,84,85)(H2,63,64,86)(H2,60,61,62,65)/t41-,42-,43-,56?,57?/m0/s1. The van der Waals surface area contributed by atoms with Crippen LogP contribution in [0.4, 0.5) is 16.4 Å². The summed E-state index contributed by atoms with van der Waals surface area (Å²) < 4.78 is 0. The molecule has 1 aliphatic heterocycles. The van der Waals surface area contributed by atoms with E-state index >= 15 is 0 Å². The maximum absolute atomic E-state index is 14.4. The van der Waals surface area contributed by atoms with Gasteiger partial charge in [0.2, 0.25) is 11.8 Å². The number of anilines is 2. The third-order valence-corrected chi connectivity index (χ3v) is 16.1. The number of urea groups is 1. The van der Waals surface area contributed by atoms with E-state index in [9.17, 15) is 73.5 Å². The molecule has 8 rings (SSSR count).